The number of carbonyl (C=O) groups excluding carboxylic acids is 2. The van der Waals surface area contributed by atoms with Gasteiger partial charge >= 0.3 is 0 Å². The second-order valence-corrected chi connectivity index (χ2v) is 6.26. The number of nitrogens with one attached hydrogen (secondary N) is 4. The number of hydrogen-bond acceptors (Lipinski definition) is 5. The second kappa shape index (κ2) is 12.4. The molecule has 2 aromatic carbocycles. The van der Waals surface area contributed by atoms with Crippen LogP contribution in [0.4, 0.5) is 0 Å². The fourth-order valence-corrected chi connectivity index (χ4v) is 2.44. The molecular weight excluding hydrogens is 394 g/mol. The summed E-state index contributed by atoms with van der Waals surface area (Å²) in [5, 5.41) is 24.8. The lowest BCUT2D eigenvalue weighted by Crippen LogP contribution is -2.41. The first-order chi connectivity index (χ1) is 13.4. The van der Waals surface area contributed by atoms with Crippen LogP contribution in [0.15, 0.2) is 48.5 Å². The first-order valence-electron chi connectivity index (χ1n) is 8.89. The molecular formula is C20H26ClN5O3. The molecule has 0 atom stereocenters. The normalized spacial score (nSPS) is 9.93. The van der Waals surface area contributed by atoms with Crippen LogP contribution in [-0.2, 0) is 22.6 Å². The zero-order valence-electron chi connectivity index (χ0n) is 15.9. The standard InChI is InChI=1S/C20H25N5O3.ClH/c21-20(22)16-5-1-15(2-6-16)11-23-12-18(27)25-13-19(28)24-10-9-14-3-7-17(26)8-4-14;/h1-8,23,26H,9-13H2,(H3,21,22)(H,24,28)(H,25,27);1H. The summed E-state index contributed by atoms with van der Waals surface area (Å²) in [6.07, 6.45) is 0.643. The Balaban J connectivity index is 0.00000420. The maximum Gasteiger partial charge on any atom is 0.239 e. The third-order valence-electron chi connectivity index (χ3n) is 4.00. The number of hydrogen-bond donors (Lipinski definition) is 6. The van der Waals surface area contributed by atoms with Crippen molar-refractivity contribution in [3.05, 3.63) is 65.2 Å². The minimum Gasteiger partial charge on any atom is -0.508 e. The molecule has 0 spiro atoms. The Kier molecular flexibility index (Phi) is 10.2. The van der Waals surface area contributed by atoms with Crippen molar-refractivity contribution >= 4 is 30.1 Å². The predicted molar refractivity (Wildman–Crippen MR) is 114 cm³/mol. The molecule has 0 saturated carbocycles. The number of nitrogens with two attached hydrogens (primary N) is 1. The number of aromatic hydroxyl groups is 1. The van der Waals surface area contributed by atoms with Crippen LogP contribution in [0, 0.1) is 5.41 Å². The van der Waals surface area contributed by atoms with Crippen LogP contribution < -0.4 is 21.7 Å². The molecule has 0 bridgehead atoms. The van der Waals surface area contributed by atoms with Crippen molar-refractivity contribution in [1.82, 2.24) is 16.0 Å². The molecule has 0 saturated heterocycles. The second-order valence-electron chi connectivity index (χ2n) is 6.26. The zero-order valence-corrected chi connectivity index (χ0v) is 16.7. The van der Waals surface area contributed by atoms with E-state index in [9.17, 15) is 14.7 Å². The summed E-state index contributed by atoms with van der Waals surface area (Å²) in [5.74, 6) is -0.307. The van der Waals surface area contributed by atoms with Gasteiger partial charge in [-0.2, -0.15) is 0 Å². The quantitative estimate of drug-likeness (QED) is 0.248. The first kappa shape index (κ1) is 23.9. The van der Waals surface area contributed by atoms with Crippen LogP contribution in [0.5, 0.6) is 5.75 Å². The van der Waals surface area contributed by atoms with Crippen molar-refractivity contribution in [3.8, 4) is 5.75 Å². The SMILES string of the molecule is Cl.N=C(N)c1ccc(CNCC(=O)NCC(=O)NCCc2ccc(O)cc2)cc1. The minimum absolute atomic E-state index is 0. The van der Waals surface area contributed by atoms with E-state index in [1.807, 2.05) is 12.1 Å². The van der Waals surface area contributed by atoms with E-state index in [1.54, 1.807) is 36.4 Å². The number of amides is 2. The Hall–Kier alpha value is -3.10. The Morgan fingerprint density at radius 1 is 0.897 bits per heavy atom. The van der Waals surface area contributed by atoms with Crippen LogP contribution in [0.2, 0.25) is 0 Å². The van der Waals surface area contributed by atoms with Crippen LogP contribution in [0.3, 0.4) is 0 Å². The smallest absolute Gasteiger partial charge is 0.239 e. The Morgan fingerprint density at radius 2 is 1.48 bits per heavy atom. The third kappa shape index (κ3) is 9.09. The van der Waals surface area contributed by atoms with Gasteiger partial charge in [-0.25, -0.2) is 0 Å². The molecule has 2 rings (SSSR count). The van der Waals surface area contributed by atoms with Crippen LogP contribution in [0.25, 0.3) is 0 Å². The van der Waals surface area contributed by atoms with E-state index in [1.165, 1.54) is 0 Å². The van der Waals surface area contributed by atoms with E-state index >= 15 is 0 Å². The predicted octanol–water partition coefficient (Wildman–Crippen LogP) is 0.663. The Bertz CT molecular complexity index is 810. The molecule has 8 nitrogen and oxygen atoms in total. The van der Waals surface area contributed by atoms with Gasteiger partial charge in [0.2, 0.25) is 11.8 Å². The summed E-state index contributed by atoms with van der Waals surface area (Å²) < 4.78 is 0. The van der Waals surface area contributed by atoms with E-state index in [4.69, 9.17) is 11.1 Å². The van der Waals surface area contributed by atoms with Gasteiger partial charge in [0, 0.05) is 18.7 Å². The molecule has 0 aromatic heterocycles. The van der Waals surface area contributed by atoms with Crippen molar-refractivity contribution in [2.45, 2.75) is 13.0 Å². The average Bonchev–Trinajstić information content (AvgIpc) is 2.68. The van der Waals surface area contributed by atoms with Crippen molar-refractivity contribution in [1.29, 1.82) is 5.41 Å². The van der Waals surface area contributed by atoms with E-state index in [-0.39, 0.29) is 48.9 Å². The molecule has 0 heterocycles. The van der Waals surface area contributed by atoms with Gasteiger partial charge in [0.1, 0.15) is 11.6 Å². The largest absolute Gasteiger partial charge is 0.508 e. The fourth-order valence-electron chi connectivity index (χ4n) is 2.44. The van der Waals surface area contributed by atoms with Crippen LogP contribution in [-0.4, -0.2) is 42.4 Å². The summed E-state index contributed by atoms with van der Waals surface area (Å²) in [6.45, 7) is 0.955. The number of phenols is 1. The topological polar surface area (TPSA) is 140 Å². The number of carbonyl (C=O) groups is 2. The summed E-state index contributed by atoms with van der Waals surface area (Å²) in [7, 11) is 0. The van der Waals surface area contributed by atoms with Crippen molar-refractivity contribution in [2.24, 2.45) is 5.73 Å². The molecule has 29 heavy (non-hydrogen) atoms. The fraction of sp³-hybridized carbons (Fsp3) is 0.250. The maximum atomic E-state index is 11.8. The first-order valence-corrected chi connectivity index (χ1v) is 8.89. The maximum absolute atomic E-state index is 11.8. The molecule has 0 aliphatic rings. The molecule has 0 radical (unpaired) electrons. The van der Waals surface area contributed by atoms with Gasteiger partial charge in [-0.1, -0.05) is 36.4 Å². The van der Waals surface area contributed by atoms with Gasteiger partial charge in [0.05, 0.1) is 13.1 Å². The monoisotopic (exact) mass is 419 g/mol. The van der Waals surface area contributed by atoms with E-state index in [2.05, 4.69) is 16.0 Å². The van der Waals surface area contributed by atoms with E-state index in [0.29, 0.717) is 25.1 Å². The molecule has 2 aromatic rings. The molecule has 9 heteroatoms. The third-order valence-corrected chi connectivity index (χ3v) is 4.00. The lowest BCUT2D eigenvalue weighted by Gasteiger charge is -2.08. The number of phenolic OH excluding ortho intramolecular Hbond substituents is 1. The molecule has 0 unspecified atom stereocenters. The number of halogens is 1. The van der Waals surface area contributed by atoms with E-state index < -0.39 is 0 Å². The lowest BCUT2D eigenvalue weighted by molar-refractivity contribution is -0.125. The number of benzene rings is 2. The molecule has 0 fully saturated rings. The minimum atomic E-state index is -0.269. The summed E-state index contributed by atoms with van der Waals surface area (Å²) >= 11 is 0. The number of amidine groups is 1. The number of rotatable bonds is 10. The average molecular weight is 420 g/mol. The zero-order chi connectivity index (χ0) is 20.4. The highest BCUT2D eigenvalue weighted by Crippen LogP contribution is 2.09. The molecule has 2 amide bonds. The summed E-state index contributed by atoms with van der Waals surface area (Å²) in [4.78, 5) is 23.5. The van der Waals surface area contributed by atoms with Gasteiger partial charge in [-0.15, -0.1) is 12.4 Å². The molecule has 156 valence electrons. The summed E-state index contributed by atoms with van der Waals surface area (Å²) in [6, 6.07) is 14.0. The van der Waals surface area contributed by atoms with Crippen molar-refractivity contribution < 1.29 is 14.7 Å². The lowest BCUT2D eigenvalue weighted by atomic mass is 10.1. The van der Waals surface area contributed by atoms with Crippen molar-refractivity contribution in [2.75, 3.05) is 19.6 Å². The van der Waals surface area contributed by atoms with Crippen LogP contribution >= 0.6 is 12.4 Å². The molecule has 0 aliphatic carbocycles. The van der Waals surface area contributed by atoms with Gasteiger partial charge in [0.25, 0.3) is 0 Å². The van der Waals surface area contributed by atoms with Crippen LogP contribution in [0.1, 0.15) is 16.7 Å². The van der Waals surface area contributed by atoms with E-state index in [0.717, 1.165) is 11.1 Å². The number of nitrogen functional groups attached to an aromatic ring is 1. The highest BCUT2D eigenvalue weighted by Gasteiger charge is 2.05. The Labute approximate surface area is 175 Å². The van der Waals surface area contributed by atoms with Gasteiger partial charge < -0.3 is 26.8 Å². The van der Waals surface area contributed by atoms with Gasteiger partial charge in [-0.05, 0) is 29.7 Å². The van der Waals surface area contributed by atoms with Crippen molar-refractivity contribution in [3.63, 3.8) is 0 Å². The highest BCUT2D eigenvalue weighted by atomic mass is 35.5. The Morgan fingerprint density at radius 3 is 2.10 bits per heavy atom. The summed E-state index contributed by atoms with van der Waals surface area (Å²) in [5.41, 5.74) is 8.02. The molecule has 7 N–H and O–H groups in total. The highest BCUT2D eigenvalue weighted by molar-refractivity contribution is 5.94. The van der Waals surface area contributed by atoms with Gasteiger partial charge in [0.15, 0.2) is 0 Å². The molecule has 0 aliphatic heterocycles. The van der Waals surface area contributed by atoms with Gasteiger partial charge in [-0.3, -0.25) is 15.0 Å².